The second-order valence-electron chi connectivity index (χ2n) is 4.26. The molecule has 0 bridgehead atoms. The van der Waals surface area contributed by atoms with E-state index in [0.29, 0.717) is 33.3 Å². The minimum Gasteiger partial charge on any atom is -0.395 e. The summed E-state index contributed by atoms with van der Waals surface area (Å²) in [4.78, 5) is 4.12. The number of rotatable bonds is 1. The zero-order valence-electron chi connectivity index (χ0n) is 10.3. The van der Waals surface area contributed by atoms with Crippen molar-refractivity contribution in [1.82, 2.24) is 9.38 Å². The molecule has 3 aromatic rings. The van der Waals surface area contributed by atoms with Gasteiger partial charge in [-0.15, -0.1) is 0 Å². The average molecular weight is 284 g/mol. The number of anilines is 2. The number of hydrogen-bond donors (Lipinski definition) is 2. The number of hydrogen-bond acceptors (Lipinski definition) is 4. The van der Waals surface area contributed by atoms with Crippen LogP contribution < -0.4 is 11.5 Å². The van der Waals surface area contributed by atoms with Crippen molar-refractivity contribution < 1.29 is 0 Å². The summed E-state index contributed by atoms with van der Waals surface area (Å²) < 4.78 is 1.65. The smallest absolute Gasteiger partial charge is 0.163 e. The molecule has 0 aliphatic rings. The fourth-order valence-corrected chi connectivity index (χ4v) is 2.48. The molecule has 1 aromatic carbocycles. The maximum absolute atomic E-state index is 9.41. The number of nitrogens with zero attached hydrogens (tertiary/aromatic N) is 3. The molecule has 0 saturated heterocycles. The number of nitriles is 1. The van der Waals surface area contributed by atoms with Gasteiger partial charge in [0.2, 0.25) is 0 Å². The molecule has 2 heterocycles. The lowest BCUT2D eigenvalue weighted by Gasteiger charge is -2.14. The Morgan fingerprint density at radius 2 is 2.00 bits per heavy atom. The predicted octanol–water partition coefficient (Wildman–Crippen LogP) is 2.69. The summed E-state index contributed by atoms with van der Waals surface area (Å²) in [5.74, 6) is 0.386. The van der Waals surface area contributed by atoms with Crippen molar-refractivity contribution in [3.05, 3.63) is 47.2 Å². The fourth-order valence-electron chi connectivity index (χ4n) is 2.24. The van der Waals surface area contributed by atoms with E-state index in [0.717, 1.165) is 0 Å². The molecule has 0 unspecified atom stereocenters. The van der Waals surface area contributed by atoms with Gasteiger partial charge in [0, 0.05) is 28.5 Å². The van der Waals surface area contributed by atoms with Gasteiger partial charge in [-0.05, 0) is 6.07 Å². The van der Waals surface area contributed by atoms with Gasteiger partial charge in [-0.2, -0.15) is 5.26 Å². The van der Waals surface area contributed by atoms with Crippen LogP contribution in [0.5, 0.6) is 0 Å². The van der Waals surface area contributed by atoms with Crippen LogP contribution in [0.1, 0.15) is 5.56 Å². The Balaban J connectivity index is 2.50. The van der Waals surface area contributed by atoms with Crippen molar-refractivity contribution in [3.63, 3.8) is 0 Å². The summed E-state index contributed by atoms with van der Waals surface area (Å²) in [5, 5.41) is 9.92. The molecule has 0 atom stereocenters. The van der Waals surface area contributed by atoms with Gasteiger partial charge >= 0.3 is 0 Å². The van der Waals surface area contributed by atoms with E-state index in [1.165, 1.54) is 0 Å². The van der Waals surface area contributed by atoms with Crippen molar-refractivity contribution in [2.75, 3.05) is 11.5 Å². The first-order valence-corrected chi connectivity index (χ1v) is 6.22. The molecule has 0 spiro atoms. The van der Waals surface area contributed by atoms with Gasteiger partial charge in [-0.3, -0.25) is 4.40 Å². The van der Waals surface area contributed by atoms with Crippen LogP contribution in [0.2, 0.25) is 5.02 Å². The molecular formula is C14H10ClN5. The Morgan fingerprint density at radius 1 is 1.25 bits per heavy atom. The predicted molar refractivity (Wildman–Crippen MR) is 79.2 cm³/mol. The van der Waals surface area contributed by atoms with Crippen LogP contribution >= 0.6 is 11.6 Å². The number of fused-ring (bicyclic) bond motifs is 1. The summed E-state index contributed by atoms with van der Waals surface area (Å²) in [6, 6.07) is 9.28. The second-order valence-corrected chi connectivity index (χ2v) is 4.67. The molecule has 3 rings (SSSR count). The Labute approximate surface area is 120 Å². The molecule has 5 nitrogen and oxygen atoms in total. The highest BCUT2D eigenvalue weighted by atomic mass is 35.5. The van der Waals surface area contributed by atoms with Crippen molar-refractivity contribution in [3.8, 4) is 17.2 Å². The van der Waals surface area contributed by atoms with E-state index in [2.05, 4.69) is 11.1 Å². The van der Waals surface area contributed by atoms with Crippen LogP contribution in [0.25, 0.3) is 16.8 Å². The van der Waals surface area contributed by atoms with Crippen molar-refractivity contribution in [2.45, 2.75) is 0 Å². The first-order chi connectivity index (χ1) is 9.65. The lowest BCUT2D eigenvalue weighted by Crippen LogP contribution is -2.06. The van der Waals surface area contributed by atoms with E-state index in [1.807, 2.05) is 12.1 Å². The molecule has 98 valence electrons. The summed E-state index contributed by atoms with van der Waals surface area (Å²) in [6.45, 7) is 0. The Kier molecular flexibility index (Phi) is 2.74. The lowest BCUT2D eigenvalue weighted by molar-refractivity contribution is 1.20. The second kappa shape index (κ2) is 4.44. The zero-order valence-corrected chi connectivity index (χ0v) is 11.1. The molecule has 6 heteroatoms. The SMILES string of the molecule is N#Cc1c(-c2ccccc2Cl)c(N)n2ccnc2c1N. The number of pyridine rings is 1. The molecule has 0 aliphatic carbocycles. The van der Waals surface area contributed by atoms with Crippen LogP contribution in [0.4, 0.5) is 11.5 Å². The molecule has 2 aromatic heterocycles. The first-order valence-electron chi connectivity index (χ1n) is 5.84. The standard InChI is InChI=1S/C14H10ClN5/c15-10-4-2-1-3-8(10)11-9(7-16)12(17)14-19-5-6-20(14)13(11)18/h1-6H,17-18H2. The third kappa shape index (κ3) is 1.59. The number of aromatic nitrogens is 2. The fraction of sp³-hybridized carbons (Fsp3) is 0. The van der Waals surface area contributed by atoms with Gasteiger partial charge in [0.05, 0.1) is 11.3 Å². The van der Waals surface area contributed by atoms with Crippen molar-refractivity contribution in [1.29, 1.82) is 5.26 Å². The largest absolute Gasteiger partial charge is 0.395 e. The summed E-state index contributed by atoms with van der Waals surface area (Å²) in [5.41, 5.74) is 14.4. The third-order valence-electron chi connectivity index (χ3n) is 3.17. The highest BCUT2D eigenvalue weighted by Crippen LogP contribution is 2.38. The summed E-state index contributed by atoms with van der Waals surface area (Å²) in [6.07, 6.45) is 3.28. The summed E-state index contributed by atoms with van der Waals surface area (Å²) >= 11 is 6.21. The van der Waals surface area contributed by atoms with Gasteiger partial charge in [0.25, 0.3) is 0 Å². The number of benzene rings is 1. The van der Waals surface area contributed by atoms with E-state index in [1.54, 1.807) is 28.9 Å². The van der Waals surface area contributed by atoms with Gasteiger partial charge in [0.15, 0.2) is 5.65 Å². The molecule has 0 saturated carbocycles. The number of imidazole rings is 1. The minimum absolute atomic E-state index is 0.286. The number of halogens is 1. The molecule has 4 N–H and O–H groups in total. The molecule has 0 amide bonds. The maximum Gasteiger partial charge on any atom is 0.163 e. The number of nitrogens with two attached hydrogens (primary N) is 2. The quantitative estimate of drug-likeness (QED) is 0.718. The van der Waals surface area contributed by atoms with E-state index in [4.69, 9.17) is 23.1 Å². The molecule has 0 radical (unpaired) electrons. The maximum atomic E-state index is 9.41. The van der Waals surface area contributed by atoms with Gasteiger partial charge < -0.3 is 11.5 Å². The average Bonchev–Trinajstić information content (AvgIpc) is 2.93. The zero-order chi connectivity index (χ0) is 14.3. The highest BCUT2D eigenvalue weighted by Gasteiger charge is 2.19. The van der Waals surface area contributed by atoms with Gasteiger partial charge in [-0.25, -0.2) is 4.98 Å². The van der Waals surface area contributed by atoms with Crippen molar-refractivity contribution >= 4 is 28.8 Å². The van der Waals surface area contributed by atoms with E-state index in [9.17, 15) is 5.26 Å². The van der Waals surface area contributed by atoms with Crippen LogP contribution in [0.15, 0.2) is 36.7 Å². The van der Waals surface area contributed by atoms with Crippen molar-refractivity contribution in [2.24, 2.45) is 0 Å². The molecular weight excluding hydrogens is 274 g/mol. The van der Waals surface area contributed by atoms with Crippen LogP contribution in [0.3, 0.4) is 0 Å². The van der Waals surface area contributed by atoms with E-state index < -0.39 is 0 Å². The molecule has 0 aliphatic heterocycles. The van der Waals surface area contributed by atoms with Crippen LogP contribution in [-0.2, 0) is 0 Å². The van der Waals surface area contributed by atoms with Crippen LogP contribution in [-0.4, -0.2) is 9.38 Å². The Bertz CT molecular complexity index is 860. The highest BCUT2D eigenvalue weighted by molar-refractivity contribution is 6.33. The van der Waals surface area contributed by atoms with E-state index >= 15 is 0 Å². The van der Waals surface area contributed by atoms with E-state index in [-0.39, 0.29) is 5.56 Å². The van der Waals surface area contributed by atoms with Crippen LogP contribution in [0, 0.1) is 11.3 Å². The normalized spacial score (nSPS) is 10.6. The summed E-state index contributed by atoms with van der Waals surface area (Å²) in [7, 11) is 0. The molecule has 20 heavy (non-hydrogen) atoms. The third-order valence-corrected chi connectivity index (χ3v) is 3.50. The number of nitrogen functional groups attached to an aromatic ring is 2. The Hall–Kier alpha value is -2.71. The minimum atomic E-state index is 0.286. The van der Waals surface area contributed by atoms with Gasteiger partial charge in [-0.1, -0.05) is 29.8 Å². The monoisotopic (exact) mass is 283 g/mol. The lowest BCUT2D eigenvalue weighted by atomic mass is 10.00. The topological polar surface area (TPSA) is 93.1 Å². The van der Waals surface area contributed by atoms with Gasteiger partial charge in [0.1, 0.15) is 11.9 Å². The Morgan fingerprint density at radius 3 is 2.70 bits per heavy atom. The first kappa shape index (κ1) is 12.3. The molecule has 0 fully saturated rings.